The molecule has 6 heteroatoms. The van der Waals surface area contributed by atoms with Crippen LogP contribution in [0.25, 0.3) is 0 Å². The van der Waals surface area contributed by atoms with Crippen LogP contribution in [0.4, 0.5) is 5.95 Å². The van der Waals surface area contributed by atoms with Crippen molar-refractivity contribution in [3.05, 3.63) is 53.9 Å². The van der Waals surface area contributed by atoms with Gasteiger partial charge in [0.15, 0.2) is 0 Å². The van der Waals surface area contributed by atoms with E-state index in [-0.39, 0.29) is 12.0 Å². The molecule has 0 spiro atoms. The van der Waals surface area contributed by atoms with Gasteiger partial charge in [0, 0.05) is 50.1 Å². The Bertz CT molecular complexity index is 767. The number of hydrogen-bond donors (Lipinski definition) is 0. The van der Waals surface area contributed by atoms with Crippen molar-refractivity contribution in [2.75, 3.05) is 37.7 Å². The molecule has 2 aliphatic rings. The number of rotatable bonds is 2. The second-order valence-corrected chi connectivity index (χ2v) is 7.07. The summed E-state index contributed by atoms with van der Waals surface area (Å²) < 4.78 is 6.11. The lowest BCUT2D eigenvalue weighted by atomic mass is 9.93. The number of hydrogen-bond acceptors (Lipinski definition) is 5. The van der Waals surface area contributed by atoms with E-state index >= 15 is 0 Å². The van der Waals surface area contributed by atoms with Gasteiger partial charge >= 0.3 is 0 Å². The van der Waals surface area contributed by atoms with Crippen molar-refractivity contribution in [3.8, 4) is 0 Å². The zero-order valence-corrected chi connectivity index (χ0v) is 15.0. The van der Waals surface area contributed by atoms with E-state index in [1.54, 1.807) is 12.4 Å². The highest BCUT2D eigenvalue weighted by atomic mass is 16.5. The number of likely N-dealkylation sites (tertiary alicyclic amines) is 1. The molecule has 2 atom stereocenters. The molecule has 0 radical (unpaired) electrons. The molecule has 0 saturated carbocycles. The molecule has 0 N–H and O–H groups in total. The van der Waals surface area contributed by atoms with Crippen LogP contribution < -0.4 is 4.90 Å². The lowest BCUT2D eigenvalue weighted by Crippen LogP contribution is -2.49. The number of ether oxygens (including phenoxy) is 1. The van der Waals surface area contributed by atoms with Gasteiger partial charge in [0.05, 0.1) is 12.7 Å². The Morgan fingerprint density at radius 2 is 2.00 bits per heavy atom. The topological polar surface area (TPSA) is 58.6 Å². The fraction of sp³-hybridized carbons (Fsp3) is 0.450. The second-order valence-electron chi connectivity index (χ2n) is 7.07. The highest BCUT2D eigenvalue weighted by Crippen LogP contribution is 2.26. The number of fused-ring (bicyclic) bond motifs is 1. The van der Waals surface area contributed by atoms with E-state index in [9.17, 15) is 4.79 Å². The van der Waals surface area contributed by atoms with Gasteiger partial charge < -0.3 is 14.5 Å². The molecule has 3 heterocycles. The van der Waals surface area contributed by atoms with Crippen molar-refractivity contribution in [2.24, 2.45) is 5.92 Å². The number of amides is 1. The third-order valence-corrected chi connectivity index (χ3v) is 5.23. The maximum atomic E-state index is 12.8. The number of anilines is 1. The number of carbonyl (C=O) groups excluding carboxylic acids is 1. The highest BCUT2D eigenvalue weighted by Gasteiger charge is 2.35. The first-order valence-corrected chi connectivity index (χ1v) is 9.20. The van der Waals surface area contributed by atoms with Gasteiger partial charge in [0.1, 0.15) is 0 Å². The van der Waals surface area contributed by atoms with Crippen LogP contribution in [-0.2, 0) is 4.74 Å². The zero-order chi connectivity index (χ0) is 17.9. The zero-order valence-electron chi connectivity index (χ0n) is 15.0. The average Bonchev–Trinajstić information content (AvgIpc) is 2.90. The molecule has 2 saturated heterocycles. The van der Waals surface area contributed by atoms with Crippen LogP contribution in [0.1, 0.15) is 22.3 Å². The summed E-state index contributed by atoms with van der Waals surface area (Å²) in [7, 11) is 0. The molecule has 26 heavy (non-hydrogen) atoms. The Morgan fingerprint density at radius 1 is 1.15 bits per heavy atom. The van der Waals surface area contributed by atoms with Crippen molar-refractivity contribution in [1.82, 2.24) is 14.9 Å². The lowest BCUT2D eigenvalue weighted by Gasteiger charge is -2.38. The van der Waals surface area contributed by atoms with Crippen LogP contribution >= 0.6 is 0 Å². The van der Waals surface area contributed by atoms with Gasteiger partial charge in [-0.3, -0.25) is 4.79 Å². The van der Waals surface area contributed by atoms with Crippen LogP contribution in [0.15, 0.2) is 42.7 Å². The highest BCUT2D eigenvalue weighted by molar-refractivity contribution is 5.94. The van der Waals surface area contributed by atoms with Crippen LogP contribution in [-0.4, -0.2) is 59.7 Å². The monoisotopic (exact) mass is 352 g/mol. The molecule has 1 aromatic carbocycles. The third-order valence-electron chi connectivity index (χ3n) is 5.23. The van der Waals surface area contributed by atoms with E-state index in [2.05, 4.69) is 14.9 Å². The van der Waals surface area contributed by atoms with Crippen LogP contribution in [0.5, 0.6) is 0 Å². The summed E-state index contributed by atoms with van der Waals surface area (Å²) in [5.74, 6) is 1.25. The number of benzene rings is 1. The molecule has 136 valence electrons. The summed E-state index contributed by atoms with van der Waals surface area (Å²) in [4.78, 5) is 25.7. The number of aromatic nitrogens is 2. The minimum absolute atomic E-state index is 0.0752. The van der Waals surface area contributed by atoms with Gasteiger partial charge in [-0.15, -0.1) is 0 Å². The predicted octanol–water partition coefficient (Wildman–Crippen LogP) is 2.15. The minimum Gasteiger partial charge on any atom is -0.374 e. The van der Waals surface area contributed by atoms with Crippen molar-refractivity contribution in [2.45, 2.75) is 19.4 Å². The molecular formula is C20H24N4O2. The van der Waals surface area contributed by atoms with Crippen molar-refractivity contribution >= 4 is 11.9 Å². The second kappa shape index (κ2) is 7.41. The smallest absolute Gasteiger partial charge is 0.253 e. The molecule has 4 rings (SSSR count). The molecule has 0 aliphatic carbocycles. The molecule has 1 aromatic heterocycles. The minimum atomic E-state index is 0.0752. The maximum Gasteiger partial charge on any atom is 0.253 e. The number of piperidine rings is 1. The largest absolute Gasteiger partial charge is 0.374 e. The van der Waals surface area contributed by atoms with E-state index in [0.717, 1.165) is 43.1 Å². The molecule has 2 aromatic rings. The lowest BCUT2D eigenvalue weighted by molar-refractivity contribution is -0.0169. The summed E-state index contributed by atoms with van der Waals surface area (Å²) in [5.41, 5.74) is 1.87. The Kier molecular flexibility index (Phi) is 4.84. The predicted molar refractivity (Wildman–Crippen MR) is 99.2 cm³/mol. The average molecular weight is 352 g/mol. The Hall–Kier alpha value is -2.47. The molecule has 0 bridgehead atoms. The van der Waals surface area contributed by atoms with Crippen molar-refractivity contribution < 1.29 is 9.53 Å². The fourth-order valence-electron chi connectivity index (χ4n) is 3.83. The standard InChI is InChI=1S/C20H24N4O2/c1-15-4-2-5-16(12-15)19(25)23-9-6-17-13-24(10-11-26-18(17)14-23)20-21-7-3-8-22-20/h2-5,7-8,12,17-18H,6,9-11,13-14H2,1H3/t17-,18-/m0/s1. The van der Waals surface area contributed by atoms with Crippen LogP contribution in [0.3, 0.4) is 0 Å². The van der Waals surface area contributed by atoms with E-state index in [0.29, 0.717) is 19.1 Å². The Labute approximate surface area is 153 Å². The van der Waals surface area contributed by atoms with E-state index in [1.165, 1.54) is 0 Å². The third kappa shape index (κ3) is 3.55. The van der Waals surface area contributed by atoms with E-state index in [4.69, 9.17) is 4.74 Å². The fourth-order valence-corrected chi connectivity index (χ4v) is 3.83. The van der Waals surface area contributed by atoms with Crippen molar-refractivity contribution in [3.63, 3.8) is 0 Å². The van der Waals surface area contributed by atoms with Gasteiger partial charge in [0.25, 0.3) is 5.91 Å². The van der Waals surface area contributed by atoms with Crippen LogP contribution in [0.2, 0.25) is 0 Å². The Balaban J connectivity index is 1.44. The summed E-state index contributed by atoms with van der Waals surface area (Å²) in [6.45, 7) is 5.72. The van der Waals surface area contributed by atoms with Gasteiger partial charge in [0.2, 0.25) is 5.95 Å². The normalized spacial score (nSPS) is 23.3. The molecule has 2 fully saturated rings. The van der Waals surface area contributed by atoms with E-state index < -0.39 is 0 Å². The Morgan fingerprint density at radius 3 is 2.81 bits per heavy atom. The number of aryl methyl sites for hydroxylation is 1. The number of carbonyl (C=O) groups is 1. The summed E-state index contributed by atoms with van der Waals surface area (Å²) >= 11 is 0. The molecule has 2 aliphatic heterocycles. The molecule has 1 amide bonds. The summed E-state index contributed by atoms with van der Waals surface area (Å²) in [5, 5.41) is 0. The van der Waals surface area contributed by atoms with Gasteiger partial charge in [-0.2, -0.15) is 0 Å². The first-order valence-electron chi connectivity index (χ1n) is 9.20. The van der Waals surface area contributed by atoms with Gasteiger partial charge in [-0.25, -0.2) is 9.97 Å². The van der Waals surface area contributed by atoms with Gasteiger partial charge in [-0.05, 0) is 31.5 Å². The summed E-state index contributed by atoms with van der Waals surface area (Å²) in [6.07, 6.45) is 4.56. The quantitative estimate of drug-likeness (QED) is 0.829. The van der Waals surface area contributed by atoms with Gasteiger partial charge in [-0.1, -0.05) is 17.7 Å². The van der Waals surface area contributed by atoms with E-state index in [1.807, 2.05) is 42.2 Å². The number of nitrogens with zero attached hydrogens (tertiary/aromatic N) is 4. The molecule has 0 unspecified atom stereocenters. The maximum absolute atomic E-state index is 12.8. The first kappa shape index (κ1) is 17.0. The van der Waals surface area contributed by atoms with Crippen LogP contribution in [0, 0.1) is 12.8 Å². The summed E-state index contributed by atoms with van der Waals surface area (Å²) in [6, 6.07) is 9.63. The molecule has 6 nitrogen and oxygen atoms in total. The SMILES string of the molecule is Cc1cccc(C(=O)N2CC[C@H]3CN(c4ncccn4)CCO[C@H]3C2)c1. The molecular weight excluding hydrogens is 328 g/mol. The first-order chi connectivity index (χ1) is 12.7. The van der Waals surface area contributed by atoms with Crippen molar-refractivity contribution in [1.29, 1.82) is 0 Å².